The van der Waals surface area contributed by atoms with E-state index in [-0.39, 0.29) is 19.8 Å². The van der Waals surface area contributed by atoms with Crippen LogP contribution in [-0.2, 0) is 13.3 Å². The minimum absolute atomic E-state index is 0.168. The smallest absolute Gasteiger partial charge is 0.390 e. The van der Waals surface area contributed by atoms with Gasteiger partial charge in [0.1, 0.15) is 39.6 Å². The first kappa shape index (κ1) is 47.7. The van der Waals surface area contributed by atoms with E-state index in [9.17, 15) is 30.6 Å². The Morgan fingerprint density at radius 3 is 1.02 bits per heavy atom. The van der Waals surface area contributed by atoms with Crippen molar-refractivity contribution in [2.75, 3.05) is 79.6 Å². The molecule has 0 spiro atoms. The van der Waals surface area contributed by atoms with Gasteiger partial charge in [-0.25, -0.2) is 0 Å². The van der Waals surface area contributed by atoms with Gasteiger partial charge in [-0.1, -0.05) is 96.8 Å². The lowest BCUT2D eigenvalue weighted by Gasteiger charge is -2.36. The van der Waals surface area contributed by atoms with E-state index in [2.05, 4.69) is 31.2 Å². The zero-order valence-corrected chi connectivity index (χ0v) is 32.0. The third kappa shape index (κ3) is 22.5. The molecule has 0 amide bonds. The van der Waals surface area contributed by atoms with Gasteiger partial charge < -0.3 is 66.0 Å². The molecule has 13 nitrogen and oxygen atoms in total. The number of nitrogens with one attached hydrogen (secondary N) is 1. The molecule has 1 atom stereocenters. The van der Waals surface area contributed by atoms with Crippen molar-refractivity contribution in [1.29, 1.82) is 0 Å². The maximum atomic E-state index is 9.81. The average molecular weight is 717 g/mol. The quantitative estimate of drug-likeness (QED) is 0.0256. The molecule has 0 heterocycles. The molecular formula is C34H80N4O9Si+4. The average Bonchev–Trinajstić information content (AvgIpc) is 3.11. The van der Waals surface area contributed by atoms with Crippen molar-refractivity contribution in [3.63, 3.8) is 0 Å². The Kier molecular flexibility index (Phi) is 28.1. The summed E-state index contributed by atoms with van der Waals surface area (Å²) in [4.78, 5) is 1.37. The van der Waals surface area contributed by atoms with Crippen LogP contribution in [0.4, 0.5) is 0 Å². The Hall–Kier alpha value is -0.303. The number of rotatable bonds is 36. The van der Waals surface area contributed by atoms with Gasteiger partial charge in [-0.3, -0.25) is 0 Å². The van der Waals surface area contributed by atoms with Crippen molar-refractivity contribution >= 4 is 8.80 Å². The number of aliphatic hydroxyl groups excluding tert-OH is 6. The van der Waals surface area contributed by atoms with E-state index >= 15 is 0 Å². The zero-order chi connectivity index (χ0) is 36.2. The van der Waals surface area contributed by atoms with Crippen LogP contribution < -0.4 is 22.1 Å². The van der Waals surface area contributed by atoms with Crippen molar-refractivity contribution in [3.8, 4) is 0 Å². The molecule has 0 aliphatic rings. The first-order valence-corrected chi connectivity index (χ1v) is 20.8. The Labute approximate surface area is 292 Å². The Bertz CT molecular complexity index is 678. The van der Waals surface area contributed by atoms with Crippen LogP contribution in [0, 0.1) is 0 Å². The second-order valence-electron chi connectivity index (χ2n) is 14.9. The van der Waals surface area contributed by atoms with E-state index in [0.717, 1.165) is 19.5 Å². The molecule has 0 bridgehead atoms. The topological polar surface area (TPSA) is 236 Å². The number of unbranched alkanes of at least 4 members (excludes halogenated alkanes) is 15. The molecule has 0 aliphatic heterocycles. The Morgan fingerprint density at radius 2 is 0.729 bits per heavy atom. The predicted molar refractivity (Wildman–Crippen MR) is 189 cm³/mol. The molecule has 48 heavy (non-hydrogen) atoms. The van der Waals surface area contributed by atoms with Gasteiger partial charge in [-0.15, -0.1) is 0 Å². The molecule has 0 aromatic rings. The van der Waals surface area contributed by atoms with Crippen LogP contribution in [0.15, 0.2) is 0 Å². The summed E-state index contributed by atoms with van der Waals surface area (Å²) in [5.74, 6) is 0. The summed E-state index contributed by atoms with van der Waals surface area (Å²) in [5, 5.41) is 58.9. The van der Waals surface area contributed by atoms with Gasteiger partial charge in [-0.2, -0.15) is 0 Å². The summed E-state index contributed by atoms with van der Waals surface area (Å²) in [7, 11) is -1.51. The van der Waals surface area contributed by atoms with Gasteiger partial charge in [0.05, 0.1) is 40.0 Å². The number of aliphatic hydroxyl groups is 6. The van der Waals surface area contributed by atoms with E-state index in [1.54, 1.807) is 0 Å². The predicted octanol–water partition coefficient (Wildman–Crippen LogP) is -1.96. The first-order valence-electron chi connectivity index (χ1n) is 18.9. The highest BCUT2D eigenvalue weighted by Crippen LogP contribution is 2.22. The van der Waals surface area contributed by atoms with Crippen molar-refractivity contribution in [2.24, 2.45) is 0 Å². The van der Waals surface area contributed by atoms with Gasteiger partial charge in [0.15, 0.2) is 16.6 Å². The molecule has 0 radical (unpaired) electrons. The maximum absolute atomic E-state index is 9.81. The fourth-order valence-corrected chi connectivity index (χ4v) is 8.13. The Balaban J connectivity index is 4.80. The monoisotopic (exact) mass is 717 g/mol. The van der Waals surface area contributed by atoms with Crippen molar-refractivity contribution in [2.45, 2.75) is 139 Å². The lowest BCUT2D eigenvalue weighted by atomic mass is 10.0. The highest BCUT2D eigenvalue weighted by atomic mass is 28.4. The molecule has 0 aromatic carbocycles. The van der Waals surface area contributed by atoms with Crippen molar-refractivity contribution < 1.29 is 66.0 Å². The van der Waals surface area contributed by atoms with Gasteiger partial charge in [0, 0.05) is 12.5 Å². The molecule has 0 saturated carbocycles. The molecule has 0 rings (SSSR count). The molecule has 0 aliphatic carbocycles. The Morgan fingerprint density at radius 1 is 0.458 bits per heavy atom. The maximum Gasteiger partial charge on any atom is 0.501 e. The van der Waals surface area contributed by atoms with E-state index in [1.165, 1.54) is 101 Å². The summed E-state index contributed by atoms with van der Waals surface area (Å²) >= 11 is 0. The second-order valence-corrected chi connectivity index (χ2v) is 17.6. The molecule has 0 aromatic heterocycles. The van der Waals surface area contributed by atoms with Crippen LogP contribution in [0.25, 0.3) is 0 Å². The minimum atomic E-state index is -3.67. The molecule has 0 fully saturated rings. The van der Waals surface area contributed by atoms with Crippen LogP contribution in [-0.4, -0.2) is 136 Å². The van der Waals surface area contributed by atoms with Gasteiger partial charge >= 0.3 is 8.80 Å². The van der Waals surface area contributed by atoms with E-state index < -0.39 is 65.1 Å². The van der Waals surface area contributed by atoms with Crippen LogP contribution in [0.1, 0.15) is 116 Å². The number of hydrogen-bond acceptors (Lipinski definition) is 9. The standard InChI is InChI=1S/C34H76N4O9Si/c1-3-4-5-6-7-8-9-10-11-12-13-14-15-16-17-18-20-38(2)21-19-22-48(45-29-32(35,23-39)24-40,46-30-33(36,25-41)26-42)47-31-34(37,27-43)28-44/h39-44H,3-31,35-37H2,1-2H3/p+4. The van der Waals surface area contributed by atoms with Crippen molar-refractivity contribution in [1.82, 2.24) is 0 Å². The summed E-state index contributed by atoms with van der Waals surface area (Å²) in [6.45, 7) is 1.04. The van der Waals surface area contributed by atoms with Gasteiger partial charge in [-0.05, 0) is 12.8 Å². The van der Waals surface area contributed by atoms with E-state index in [4.69, 9.17) is 13.3 Å². The van der Waals surface area contributed by atoms with Gasteiger partial charge in [0.25, 0.3) is 0 Å². The van der Waals surface area contributed by atoms with Crippen molar-refractivity contribution in [3.05, 3.63) is 0 Å². The lowest BCUT2D eigenvalue weighted by molar-refractivity contribution is -0.879. The fourth-order valence-electron chi connectivity index (χ4n) is 5.26. The summed E-state index contributed by atoms with van der Waals surface area (Å²) in [5.41, 5.74) is 8.06. The van der Waals surface area contributed by atoms with Crippen LogP contribution in [0.2, 0.25) is 6.04 Å². The lowest BCUT2D eigenvalue weighted by Crippen LogP contribution is -3.09. The SMILES string of the molecule is CCCCCCCCCCCCCCCCCC[NH+](C)CCC[Si](OCC([NH3+])(CO)CO)(OCC([NH3+])(CO)CO)OCC([NH3+])(CO)CO. The molecule has 290 valence electrons. The number of hydrogen-bond donors (Lipinski definition) is 10. The highest BCUT2D eigenvalue weighted by molar-refractivity contribution is 6.60. The van der Waals surface area contributed by atoms with E-state index in [0.29, 0.717) is 12.5 Å². The largest absolute Gasteiger partial charge is 0.501 e. The molecular weight excluding hydrogens is 636 g/mol. The van der Waals surface area contributed by atoms with Gasteiger partial charge in [0.2, 0.25) is 0 Å². The summed E-state index contributed by atoms with van der Waals surface area (Å²) < 4.78 is 18.7. The molecule has 16 N–H and O–H groups in total. The molecule has 1 unspecified atom stereocenters. The summed E-state index contributed by atoms with van der Waals surface area (Å²) in [6.07, 6.45) is 22.2. The highest BCUT2D eigenvalue weighted by Gasteiger charge is 2.48. The number of quaternary nitrogens is 4. The second kappa shape index (κ2) is 28.3. The van der Waals surface area contributed by atoms with E-state index in [1.807, 2.05) is 0 Å². The fraction of sp³-hybridized carbons (Fsp3) is 1.00. The summed E-state index contributed by atoms with van der Waals surface area (Å²) in [6, 6.07) is 0.357. The normalized spacial score (nSPS) is 13.8. The molecule has 14 heteroatoms. The van der Waals surface area contributed by atoms with Crippen LogP contribution in [0.5, 0.6) is 0 Å². The van der Waals surface area contributed by atoms with Crippen LogP contribution >= 0.6 is 0 Å². The third-order valence-corrected chi connectivity index (χ3v) is 12.1. The van der Waals surface area contributed by atoms with Crippen LogP contribution in [0.3, 0.4) is 0 Å². The zero-order valence-electron chi connectivity index (χ0n) is 31.0. The molecule has 0 saturated heterocycles. The first-order chi connectivity index (χ1) is 22.9. The third-order valence-electron chi connectivity index (χ3n) is 9.35. The minimum Gasteiger partial charge on any atom is -0.390 e.